The molecule has 0 fully saturated rings. The van der Waals surface area contributed by atoms with Crippen LogP contribution in [0.25, 0.3) is 0 Å². The van der Waals surface area contributed by atoms with Gasteiger partial charge in [0.25, 0.3) is 0 Å². The van der Waals surface area contributed by atoms with Gasteiger partial charge < -0.3 is 15.5 Å². The molecule has 0 bridgehead atoms. The maximum absolute atomic E-state index is 12.4. The maximum atomic E-state index is 12.4. The summed E-state index contributed by atoms with van der Waals surface area (Å²) in [6, 6.07) is -0.618. The van der Waals surface area contributed by atoms with Crippen LogP contribution in [0.3, 0.4) is 0 Å². The van der Waals surface area contributed by atoms with Gasteiger partial charge in [-0.05, 0) is 44.9 Å². The van der Waals surface area contributed by atoms with Crippen molar-refractivity contribution in [2.45, 2.75) is 283 Å². The van der Waals surface area contributed by atoms with Crippen LogP contribution in [-0.2, 0) is 4.79 Å². The van der Waals surface area contributed by atoms with Gasteiger partial charge in [-0.25, -0.2) is 0 Å². The smallest absolute Gasteiger partial charge is 0.220 e. The molecular formula is C50H97NO3. The number of amides is 1. The fourth-order valence-electron chi connectivity index (χ4n) is 7.65. The molecule has 0 spiro atoms. The minimum atomic E-state index is -0.835. The molecule has 2 unspecified atom stereocenters. The Morgan fingerprint density at radius 2 is 0.704 bits per heavy atom. The minimum Gasteiger partial charge on any atom is -0.394 e. The lowest BCUT2D eigenvalue weighted by Gasteiger charge is -2.20. The predicted molar refractivity (Wildman–Crippen MR) is 239 cm³/mol. The number of aliphatic hydroxyl groups excluding tert-OH is 2. The van der Waals surface area contributed by atoms with Crippen LogP contribution in [-0.4, -0.2) is 34.9 Å². The molecule has 0 heterocycles. The van der Waals surface area contributed by atoms with Gasteiger partial charge in [0.05, 0.1) is 18.8 Å². The van der Waals surface area contributed by atoms with Gasteiger partial charge in [-0.2, -0.15) is 0 Å². The van der Waals surface area contributed by atoms with Crippen molar-refractivity contribution in [3.05, 3.63) is 24.3 Å². The summed E-state index contributed by atoms with van der Waals surface area (Å²) in [4.78, 5) is 12.4. The van der Waals surface area contributed by atoms with Crippen LogP contribution in [0.15, 0.2) is 24.3 Å². The second kappa shape index (κ2) is 46.3. The van der Waals surface area contributed by atoms with Gasteiger partial charge in [-0.15, -0.1) is 0 Å². The molecule has 4 nitrogen and oxygen atoms in total. The summed E-state index contributed by atoms with van der Waals surface area (Å²) in [6.45, 7) is 4.32. The third-order valence-electron chi connectivity index (χ3n) is 11.4. The highest BCUT2D eigenvalue weighted by Crippen LogP contribution is 2.16. The number of rotatable bonds is 45. The largest absolute Gasteiger partial charge is 0.394 e. The van der Waals surface area contributed by atoms with Gasteiger partial charge in [0.2, 0.25) is 5.91 Å². The molecule has 0 saturated heterocycles. The molecule has 0 saturated carbocycles. The van der Waals surface area contributed by atoms with E-state index in [0.717, 1.165) is 25.7 Å². The van der Waals surface area contributed by atoms with E-state index in [0.29, 0.717) is 6.42 Å². The Bertz CT molecular complexity index is 780. The highest BCUT2D eigenvalue weighted by Gasteiger charge is 2.18. The van der Waals surface area contributed by atoms with E-state index in [1.54, 1.807) is 6.08 Å². The van der Waals surface area contributed by atoms with E-state index in [-0.39, 0.29) is 12.5 Å². The molecule has 0 radical (unpaired) electrons. The van der Waals surface area contributed by atoms with E-state index in [2.05, 4.69) is 31.3 Å². The van der Waals surface area contributed by atoms with Crippen LogP contribution in [0.5, 0.6) is 0 Å². The normalized spacial score (nSPS) is 13.0. The summed E-state index contributed by atoms with van der Waals surface area (Å²) in [5.41, 5.74) is 0. The second-order valence-electron chi connectivity index (χ2n) is 16.9. The molecule has 0 aromatic rings. The molecule has 2 atom stereocenters. The average Bonchev–Trinajstić information content (AvgIpc) is 3.18. The average molecular weight is 760 g/mol. The first kappa shape index (κ1) is 52.9. The standard InChI is InChI=1S/C50H97NO3/c1-3-5-7-9-11-13-15-17-18-19-20-21-22-23-24-25-26-27-28-29-30-31-32-33-34-36-38-40-42-44-46-50(54)51-48(47-52)49(53)45-43-41-39-37-35-16-14-12-10-8-6-4-2/h23-24,43,45,48-49,52-53H,3-22,25-42,44,46-47H2,1-2H3,(H,51,54)/b24-23-,45-43+. The number of aliphatic hydroxyl groups is 2. The van der Waals surface area contributed by atoms with E-state index >= 15 is 0 Å². The molecule has 4 heteroatoms. The van der Waals surface area contributed by atoms with Crippen molar-refractivity contribution in [3.8, 4) is 0 Å². The van der Waals surface area contributed by atoms with Crippen LogP contribution in [0.1, 0.15) is 271 Å². The first-order valence-electron chi connectivity index (χ1n) is 24.6. The number of allylic oxidation sites excluding steroid dienone is 3. The zero-order valence-electron chi connectivity index (χ0n) is 36.8. The van der Waals surface area contributed by atoms with Crippen molar-refractivity contribution in [3.63, 3.8) is 0 Å². The minimum absolute atomic E-state index is 0.0618. The summed E-state index contributed by atoms with van der Waals surface area (Å²) in [6.07, 6.45) is 60.3. The fourth-order valence-corrected chi connectivity index (χ4v) is 7.65. The first-order valence-corrected chi connectivity index (χ1v) is 24.6. The van der Waals surface area contributed by atoms with Crippen molar-refractivity contribution < 1.29 is 15.0 Å². The third kappa shape index (κ3) is 42.0. The van der Waals surface area contributed by atoms with Gasteiger partial charge >= 0.3 is 0 Å². The highest BCUT2D eigenvalue weighted by atomic mass is 16.3. The van der Waals surface area contributed by atoms with E-state index < -0.39 is 12.1 Å². The molecule has 1 amide bonds. The molecule has 54 heavy (non-hydrogen) atoms. The lowest BCUT2D eigenvalue weighted by atomic mass is 10.0. The van der Waals surface area contributed by atoms with Crippen molar-refractivity contribution in [2.24, 2.45) is 0 Å². The summed E-state index contributed by atoms with van der Waals surface area (Å²) in [5.74, 6) is -0.0618. The molecule has 0 rings (SSSR count). The van der Waals surface area contributed by atoms with Crippen molar-refractivity contribution in [1.82, 2.24) is 5.32 Å². The molecule has 0 aliphatic carbocycles. The summed E-state index contributed by atoms with van der Waals surface area (Å²) < 4.78 is 0. The molecule has 0 aliphatic rings. The Morgan fingerprint density at radius 3 is 1.02 bits per heavy atom. The van der Waals surface area contributed by atoms with Gasteiger partial charge in [0, 0.05) is 6.42 Å². The van der Waals surface area contributed by atoms with E-state index in [1.807, 2.05) is 6.08 Å². The van der Waals surface area contributed by atoms with Crippen molar-refractivity contribution in [2.75, 3.05) is 6.61 Å². The SMILES string of the molecule is CCCCCCCCCCCC/C=C/C(O)C(CO)NC(=O)CCCCCCCCCCCCCCCC/C=C\CCCCCCCCCCCCCC. The Balaban J connectivity index is 3.44. The van der Waals surface area contributed by atoms with Crippen LogP contribution in [0.2, 0.25) is 0 Å². The van der Waals surface area contributed by atoms with E-state index in [4.69, 9.17) is 0 Å². The topological polar surface area (TPSA) is 69.6 Å². The van der Waals surface area contributed by atoms with Crippen LogP contribution >= 0.6 is 0 Å². The lowest BCUT2D eigenvalue weighted by Crippen LogP contribution is -2.45. The monoisotopic (exact) mass is 760 g/mol. The zero-order chi connectivity index (χ0) is 39.3. The Labute approximate surface area is 339 Å². The number of nitrogens with one attached hydrogen (secondary N) is 1. The number of hydrogen-bond donors (Lipinski definition) is 3. The van der Waals surface area contributed by atoms with Gasteiger partial charge in [-0.1, -0.05) is 244 Å². The Morgan fingerprint density at radius 1 is 0.426 bits per heavy atom. The summed E-state index contributed by atoms with van der Waals surface area (Å²) in [7, 11) is 0. The number of unbranched alkanes of at least 4 members (excludes halogenated alkanes) is 36. The quantitative estimate of drug-likeness (QED) is 0.0428. The molecular weight excluding hydrogens is 663 g/mol. The molecule has 320 valence electrons. The molecule has 0 aromatic carbocycles. The predicted octanol–water partition coefficient (Wildman–Crippen LogP) is 15.6. The first-order chi connectivity index (χ1) is 26.7. The van der Waals surface area contributed by atoms with Crippen molar-refractivity contribution in [1.29, 1.82) is 0 Å². The van der Waals surface area contributed by atoms with Gasteiger partial charge in [0.15, 0.2) is 0 Å². The maximum Gasteiger partial charge on any atom is 0.220 e. The number of carbonyl (C=O) groups excluding carboxylic acids is 1. The molecule has 0 aliphatic heterocycles. The van der Waals surface area contributed by atoms with E-state index in [9.17, 15) is 15.0 Å². The molecule has 0 aromatic heterocycles. The Kier molecular flexibility index (Phi) is 45.3. The zero-order valence-corrected chi connectivity index (χ0v) is 36.8. The number of hydrogen-bond acceptors (Lipinski definition) is 3. The van der Waals surface area contributed by atoms with Crippen LogP contribution in [0, 0.1) is 0 Å². The Hall–Kier alpha value is -1.13. The molecule has 3 N–H and O–H groups in total. The van der Waals surface area contributed by atoms with Gasteiger partial charge in [-0.3, -0.25) is 4.79 Å². The second-order valence-corrected chi connectivity index (χ2v) is 16.9. The third-order valence-corrected chi connectivity index (χ3v) is 11.4. The fraction of sp³-hybridized carbons (Fsp3) is 0.900. The van der Waals surface area contributed by atoms with Gasteiger partial charge in [0.1, 0.15) is 0 Å². The summed E-state index contributed by atoms with van der Waals surface area (Å²) >= 11 is 0. The number of carbonyl (C=O) groups is 1. The van der Waals surface area contributed by atoms with Crippen LogP contribution < -0.4 is 5.32 Å². The lowest BCUT2D eigenvalue weighted by molar-refractivity contribution is -0.123. The summed E-state index contributed by atoms with van der Waals surface area (Å²) in [5, 5.41) is 23.0. The highest BCUT2D eigenvalue weighted by molar-refractivity contribution is 5.76. The van der Waals surface area contributed by atoms with Crippen molar-refractivity contribution >= 4 is 5.91 Å². The van der Waals surface area contributed by atoms with Crippen LogP contribution in [0.4, 0.5) is 0 Å². The van der Waals surface area contributed by atoms with E-state index in [1.165, 1.54) is 225 Å².